The zero-order valence-corrected chi connectivity index (χ0v) is 12.1. The molecule has 5 nitrogen and oxygen atoms in total. The fourth-order valence-electron chi connectivity index (χ4n) is 2.06. The van der Waals surface area contributed by atoms with Crippen molar-refractivity contribution >= 4 is 34.0 Å². The topological polar surface area (TPSA) is 75.1 Å². The van der Waals surface area contributed by atoms with E-state index in [0.717, 1.165) is 21.6 Å². The molecule has 0 saturated heterocycles. The summed E-state index contributed by atoms with van der Waals surface area (Å²) in [4.78, 5) is 20.1. The molecule has 0 bridgehead atoms. The highest BCUT2D eigenvalue weighted by Crippen LogP contribution is 2.21. The molecule has 3 rings (SSSR count). The van der Waals surface area contributed by atoms with Crippen molar-refractivity contribution in [3.05, 3.63) is 52.0 Å². The Labute approximate surface area is 125 Å². The van der Waals surface area contributed by atoms with Crippen LogP contribution in [0.3, 0.4) is 0 Å². The second-order valence-electron chi connectivity index (χ2n) is 4.62. The van der Waals surface area contributed by atoms with Gasteiger partial charge in [0.25, 0.3) is 0 Å². The Morgan fingerprint density at radius 1 is 1.33 bits per heavy atom. The number of thiazole rings is 1. The standard InChI is InChI=1S/C15H13N3O2S/c1-9-8-21-13(17-9)7-16-14-11(15(19)20)6-10-4-2-3-5-12(10)18-14/h2-6,8H,7H2,1H3,(H,16,18)(H,19,20). The molecular formula is C15H13N3O2S. The summed E-state index contributed by atoms with van der Waals surface area (Å²) in [6.07, 6.45) is 0. The Bertz CT molecular complexity index is 814. The number of carboxylic acids is 1. The molecule has 0 atom stereocenters. The number of rotatable bonds is 4. The van der Waals surface area contributed by atoms with Gasteiger partial charge in [0.2, 0.25) is 0 Å². The molecule has 2 aromatic heterocycles. The van der Waals surface area contributed by atoms with Crippen molar-refractivity contribution in [3.8, 4) is 0 Å². The maximum Gasteiger partial charge on any atom is 0.339 e. The molecule has 21 heavy (non-hydrogen) atoms. The number of aryl methyl sites for hydroxylation is 1. The van der Waals surface area contributed by atoms with Gasteiger partial charge < -0.3 is 10.4 Å². The minimum absolute atomic E-state index is 0.168. The fraction of sp³-hybridized carbons (Fsp3) is 0.133. The van der Waals surface area contributed by atoms with Gasteiger partial charge in [0, 0.05) is 16.5 Å². The summed E-state index contributed by atoms with van der Waals surface area (Å²) in [7, 11) is 0. The minimum atomic E-state index is -0.994. The predicted octanol–water partition coefficient (Wildman–Crippen LogP) is 3.31. The van der Waals surface area contributed by atoms with Crippen LogP contribution in [0.25, 0.3) is 10.9 Å². The van der Waals surface area contributed by atoms with Crippen molar-refractivity contribution in [1.29, 1.82) is 0 Å². The molecule has 6 heteroatoms. The van der Waals surface area contributed by atoms with Crippen molar-refractivity contribution in [1.82, 2.24) is 9.97 Å². The molecule has 2 heterocycles. The maximum atomic E-state index is 11.4. The second-order valence-corrected chi connectivity index (χ2v) is 5.56. The first-order chi connectivity index (χ1) is 10.1. The molecule has 0 radical (unpaired) electrons. The van der Waals surface area contributed by atoms with Crippen LogP contribution in [0.1, 0.15) is 21.1 Å². The number of aromatic carboxylic acids is 1. The summed E-state index contributed by atoms with van der Waals surface area (Å²) in [5.41, 5.74) is 1.89. The van der Waals surface area contributed by atoms with Crippen LogP contribution in [0.15, 0.2) is 35.7 Å². The molecule has 0 amide bonds. The van der Waals surface area contributed by atoms with E-state index in [1.807, 2.05) is 36.6 Å². The quantitative estimate of drug-likeness (QED) is 0.773. The second kappa shape index (κ2) is 5.49. The van der Waals surface area contributed by atoms with Crippen LogP contribution in [0.2, 0.25) is 0 Å². The van der Waals surface area contributed by atoms with Crippen molar-refractivity contribution in [2.24, 2.45) is 0 Å². The van der Waals surface area contributed by atoms with Crippen molar-refractivity contribution in [2.75, 3.05) is 5.32 Å². The van der Waals surface area contributed by atoms with Gasteiger partial charge in [-0.15, -0.1) is 11.3 Å². The van der Waals surface area contributed by atoms with Gasteiger partial charge in [0.05, 0.1) is 12.1 Å². The normalized spacial score (nSPS) is 10.7. The maximum absolute atomic E-state index is 11.4. The minimum Gasteiger partial charge on any atom is -0.478 e. The van der Waals surface area contributed by atoms with Crippen LogP contribution in [0, 0.1) is 6.92 Å². The average Bonchev–Trinajstić information content (AvgIpc) is 2.89. The SMILES string of the molecule is Cc1csc(CNc2nc3ccccc3cc2C(=O)O)n1. The van der Waals surface area contributed by atoms with Gasteiger partial charge in [-0.3, -0.25) is 0 Å². The largest absolute Gasteiger partial charge is 0.478 e. The molecule has 0 fully saturated rings. The van der Waals surface area contributed by atoms with Crippen molar-refractivity contribution in [3.63, 3.8) is 0 Å². The van der Waals surface area contributed by atoms with Gasteiger partial charge >= 0.3 is 5.97 Å². The van der Waals surface area contributed by atoms with E-state index in [4.69, 9.17) is 0 Å². The highest BCUT2D eigenvalue weighted by molar-refractivity contribution is 7.09. The van der Waals surface area contributed by atoms with Gasteiger partial charge in [-0.05, 0) is 19.1 Å². The lowest BCUT2D eigenvalue weighted by molar-refractivity contribution is 0.0697. The van der Waals surface area contributed by atoms with E-state index >= 15 is 0 Å². The van der Waals surface area contributed by atoms with E-state index in [1.165, 1.54) is 11.3 Å². The number of nitrogens with zero attached hydrogens (tertiary/aromatic N) is 2. The molecule has 3 aromatic rings. The summed E-state index contributed by atoms with van der Waals surface area (Å²) >= 11 is 1.54. The summed E-state index contributed by atoms with van der Waals surface area (Å²) in [5, 5.41) is 16.1. The van der Waals surface area contributed by atoms with E-state index in [1.54, 1.807) is 6.07 Å². The van der Waals surface area contributed by atoms with Crippen LogP contribution in [-0.2, 0) is 6.54 Å². The van der Waals surface area contributed by atoms with E-state index in [9.17, 15) is 9.90 Å². The van der Waals surface area contributed by atoms with Gasteiger partial charge in [0.15, 0.2) is 0 Å². The monoisotopic (exact) mass is 299 g/mol. The molecule has 0 aliphatic rings. The van der Waals surface area contributed by atoms with Crippen LogP contribution in [-0.4, -0.2) is 21.0 Å². The lowest BCUT2D eigenvalue weighted by Gasteiger charge is -2.09. The molecule has 0 aliphatic heterocycles. The number of fused-ring (bicyclic) bond motifs is 1. The average molecular weight is 299 g/mol. The highest BCUT2D eigenvalue weighted by Gasteiger charge is 2.13. The Balaban J connectivity index is 1.95. The Morgan fingerprint density at radius 2 is 2.14 bits per heavy atom. The van der Waals surface area contributed by atoms with E-state index in [2.05, 4.69) is 15.3 Å². The first kappa shape index (κ1) is 13.5. The third-order valence-electron chi connectivity index (χ3n) is 3.03. The lowest BCUT2D eigenvalue weighted by Crippen LogP contribution is -2.08. The van der Waals surface area contributed by atoms with Gasteiger partial charge in [-0.1, -0.05) is 18.2 Å². The first-order valence-electron chi connectivity index (χ1n) is 6.41. The van der Waals surface area contributed by atoms with Crippen LogP contribution >= 0.6 is 11.3 Å². The van der Waals surface area contributed by atoms with Crippen molar-refractivity contribution in [2.45, 2.75) is 13.5 Å². The number of carbonyl (C=O) groups is 1. The number of pyridine rings is 1. The number of benzene rings is 1. The number of nitrogens with one attached hydrogen (secondary N) is 1. The summed E-state index contributed by atoms with van der Waals surface area (Å²) in [6.45, 7) is 2.39. The number of anilines is 1. The Kier molecular flexibility index (Phi) is 3.53. The molecule has 0 saturated carbocycles. The number of para-hydroxylation sites is 1. The van der Waals surface area contributed by atoms with Crippen molar-refractivity contribution < 1.29 is 9.90 Å². The van der Waals surface area contributed by atoms with Gasteiger partial charge in [0.1, 0.15) is 16.4 Å². The van der Waals surface area contributed by atoms with Gasteiger partial charge in [-0.2, -0.15) is 0 Å². The zero-order chi connectivity index (χ0) is 14.8. The summed E-state index contributed by atoms with van der Waals surface area (Å²) < 4.78 is 0. The number of aromatic nitrogens is 2. The number of carboxylic acid groups (broad SMARTS) is 1. The first-order valence-corrected chi connectivity index (χ1v) is 7.29. The Morgan fingerprint density at radius 3 is 2.86 bits per heavy atom. The lowest BCUT2D eigenvalue weighted by atomic mass is 10.1. The van der Waals surface area contributed by atoms with Crippen LogP contribution < -0.4 is 5.32 Å². The third-order valence-corrected chi connectivity index (χ3v) is 3.99. The van der Waals surface area contributed by atoms with E-state index in [-0.39, 0.29) is 5.56 Å². The summed E-state index contributed by atoms with van der Waals surface area (Å²) in [5.74, 6) is -0.625. The number of hydrogen-bond donors (Lipinski definition) is 2. The molecule has 0 unspecified atom stereocenters. The molecule has 106 valence electrons. The molecule has 0 aliphatic carbocycles. The van der Waals surface area contributed by atoms with E-state index in [0.29, 0.717) is 12.4 Å². The Hall–Kier alpha value is -2.47. The van der Waals surface area contributed by atoms with E-state index < -0.39 is 5.97 Å². The predicted molar refractivity (Wildman–Crippen MR) is 82.9 cm³/mol. The summed E-state index contributed by atoms with van der Waals surface area (Å²) in [6, 6.07) is 9.09. The molecule has 0 spiro atoms. The highest BCUT2D eigenvalue weighted by atomic mass is 32.1. The third kappa shape index (κ3) is 2.85. The van der Waals surface area contributed by atoms with Crippen LogP contribution in [0.5, 0.6) is 0 Å². The van der Waals surface area contributed by atoms with Gasteiger partial charge in [-0.25, -0.2) is 14.8 Å². The van der Waals surface area contributed by atoms with Crippen LogP contribution in [0.4, 0.5) is 5.82 Å². The number of hydrogen-bond acceptors (Lipinski definition) is 5. The molecule has 2 N–H and O–H groups in total. The fourth-order valence-corrected chi connectivity index (χ4v) is 2.77. The molecule has 1 aromatic carbocycles. The zero-order valence-electron chi connectivity index (χ0n) is 11.3. The smallest absolute Gasteiger partial charge is 0.339 e. The molecular weight excluding hydrogens is 286 g/mol.